The van der Waals surface area contributed by atoms with Crippen LogP contribution < -0.4 is 5.32 Å². The molecule has 0 aliphatic carbocycles. The van der Waals surface area contributed by atoms with Crippen LogP contribution in [0.2, 0.25) is 0 Å². The van der Waals surface area contributed by atoms with E-state index in [0.29, 0.717) is 25.1 Å². The van der Waals surface area contributed by atoms with Gasteiger partial charge in [-0.25, -0.2) is 0 Å². The lowest BCUT2D eigenvalue weighted by Crippen LogP contribution is -2.33. The molecule has 0 aliphatic heterocycles. The van der Waals surface area contributed by atoms with Crippen molar-refractivity contribution in [1.82, 2.24) is 15.1 Å². The fourth-order valence-electron chi connectivity index (χ4n) is 3.92. The summed E-state index contributed by atoms with van der Waals surface area (Å²) >= 11 is 0. The number of ketones is 1. The van der Waals surface area contributed by atoms with Crippen molar-refractivity contribution < 1.29 is 9.90 Å². The van der Waals surface area contributed by atoms with Gasteiger partial charge >= 0.3 is 0 Å². The average Bonchev–Trinajstić information content (AvgIpc) is 3.03. The summed E-state index contributed by atoms with van der Waals surface area (Å²) in [5.41, 5.74) is 6.95. The van der Waals surface area contributed by atoms with Crippen molar-refractivity contribution in [1.29, 1.82) is 0 Å². The SMILES string of the molecule is Cc1ccc(Cn2nc(C)c(C(=O)CCNC(C)C(O)c3ccccc3)c2C)cc1C. The van der Waals surface area contributed by atoms with Gasteiger partial charge in [-0.2, -0.15) is 5.10 Å². The lowest BCUT2D eigenvalue weighted by atomic mass is 10.0. The van der Waals surface area contributed by atoms with Crippen LogP contribution in [0.4, 0.5) is 0 Å². The Morgan fingerprint density at radius 2 is 1.77 bits per heavy atom. The molecule has 0 aliphatic rings. The van der Waals surface area contributed by atoms with E-state index in [1.165, 1.54) is 16.7 Å². The number of nitrogens with one attached hydrogen (secondary N) is 1. The maximum atomic E-state index is 12.9. The Hall–Kier alpha value is -2.76. The number of aryl methyl sites for hydroxylation is 3. The molecule has 0 saturated carbocycles. The average molecular weight is 420 g/mol. The highest BCUT2D eigenvalue weighted by Crippen LogP contribution is 2.19. The summed E-state index contributed by atoms with van der Waals surface area (Å²) in [5.74, 6) is 0.0789. The number of hydrogen-bond acceptors (Lipinski definition) is 4. The molecule has 0 radical (unpaired) electrons. The Bertz CT molecular complexity index is 1040. The van der Waals surface area contributed by atoms with E-state index in [1.807, 2.05) is 55.8 Å². The molecule has 2 unspecified atom stereocenters. The number of aliphatic hydroxyl groups excluding tert-OH is 1. The first-order chi connectivity index (χ1) is 14.8. The standard InChI is InChI=1S/C26H33N3O2/c1-17-11-12-22(15-18(17)2)16-29-21(5)25(19(3)28-29)24(30)13-14-27-20(4)26(31)23-9-7-6-8-10-23/h6-12,15,20,26-27,31H,13-14,16H2,1-5H3. The highest BCUT2D eigenvalue weighted by molar-refractivity contribution is 5.98. The Morgan fingerprint density at radius 3 is 2.45 bits per heavy atom. The molecule has 0 amide bonds. The minimum absolute atomic E-state index is 0.0789. The molecule has 2 aromatic carbocycles. The molecule has 5 nitrogen and oxygen atoms in total. The zero-order valence-corrected chi connectivity index (χ0v) is 19.1. The van der Waals surface area contributed by atoms with E-state index >= 15 is 0 Å². The molecule has 164 valence electrons. The summed E-state index contributed by atoms with van der Waals surface area (Å²) in [6.45, 7) is 11.2. The highest BCUT2D eigenvalue weighted by atomic mass is 16.3. The summed E-state index contributed by atoms with van der Waals surface area (Å²) in [4.78, 5) is 12.9. The van der Waals surface area contributed by atoms with Gasteiger partial charge in [-0.05, 0) is 56.9 Å². The molecule has 2 atom stereocenters. The van der Waals surface area contributed by atoms with Gasteiger partial charge in [0.05, 0.1) is 23.9 Å². The molecule has 3 aromatic rings. The first-order valence-electron chi connectivity index (χ1n) is 10.9. The number of aliphatic hydroxyl groups is 1. The molecule has 5 heteroatoms. The fraction of sp³-hybridized carbons (Fsp3) is 0.385. The number of rotatable bonds is 9. The smallest absolute Gasteiger partial charge is 0.167 e. The van der Waals surface area contributed by atoms with Gasteiger partial charge in [0.1, 0.15) is 0 Å². The van der Waals surface area contributed by atoms with E-state index in [4.69, 9.17) is 0 Å². The Kier molecular flexibility index (Phi) is 7.42. The van der Waals surface area contributed by atoms with Crippen LogP contribution in [0.1, 0.15) is 63.4 Å². The molecule has 1 heterocycles. The number of aromatic nitrogens is 2. The van der Waals surface area contributed by atoms with E-state index in [-0.39, 0.29) is 11.8 Å². The van der Waals surface area contributed by atoms with Crippen molar-refractivity contribution in [3.63, 3.8) is 0 Å². The molecule has 1 aromatic heterocycles. The van der Waals surface area contributed by atoms with Crippen molar-refractivity contribution >= 4 is 5.78 Å². The highest BCUT2D eigenvalue weighted by Gasteiger charge is 2.20. The number of carbonyl (C=O) groups excluding carboxylic acids is 1. The van der Waals surface area contributed by atoms with E-state index in [0.717, 1.165) is 17.0 Å². The van der Waals surface area contributed by atoms with Crippen LogP contribution in [0.5, 0.6) is 0 Å². The van der Waals surface area contributed by atoms with Gasteiger partial charge in [-0.3, -0.25) is 9.48 Å². The first kappa shape index (κ1) is 22.9. The fourth-order valence-corrected chi connectivity index (χ4v) is 3.92. The molecule has 3 rings (SSSR count). The quantitative estimate of drug-likeness (QED) is 0.503. The molecular weight excluding hydrogens is 386 g/mol. The Balaban J connectivity index is 1.61. The minimum atomic E-state index is -0.611. The van der Waals surface area contributed by atoms with Crippen LogP contribution in [0.15, 0.2) is 48.5 Å². The van der Waals surface area contributed by atoms with Gasteiger partial charge in [0.15, 0.2) is 5.78 Å². The van der Waals surface area contributed by atoms with Crippen molar-refractivity contribution in [2.24, 2.45) is 0 Å². The van der Waals surface area contributed by atoms with Crippen LogP contribution in [0.3, 0.4) is 0 Å². The van der Waals surface area contributed by atoms with Crippen LogP contribution in [0, 0.1) is 27.7 Å². The van der Waals surface area contributed by atoms with E-state index in [9.17, 15) is 9.90 Å². The van der Waals surface area contributed by atoms with E-state index in [1.54, 1.807) is 0 Å². The van der Waals surface area contributed by atoms with Gasteiger partial charge in [-0.1, -0.05) is 48.5 Å². The predicted molar refractivity (Wildman–Crippen MR) is 125 cm³/mol. The largest absolute Gasteiger partial charge is 0.387 e. The second-order valence-corrected chi connectivity index (χ2v) is 8.39. The number of nitrogens with zero attached hydrogens (tertiary/aromatic N) is 2. The number of benzene rings is 2. The minimum Gasteiger partial charge on any atom is -0.387 e. The van der Waals surface area contributed by atoms with Gasteiger partial charge in [0.25, 0.3) is 0 Å². The van der Waals surface area contributed by atoms with Gasteiger partial charge in [0.2, 0.25) is 0 Å². The molecule has 0 spiro atoms. The zero-order valence-electron chi connectivity index (χ0n) is 19.1. The van der Waals surface area contributed by atoms with Crippen LogP contribution >= 0.6 is 0 Å². The molecule has 0 bridgehead atoms. The lowest BCUT2D eigenvalue weighted by Gasteiger charge is -2.20. The number of carbonyl (C=O) groups is 1. The molecule has 0 saturated heterocycles. The van der Waals surface area contributed by atoms with E-state index < -0.39 is 6.10 Å². The normalized spacial score (nSPS) is 13.2. The lowest BCUT2D eigenvalue weighted by molar-refractivity contribution is 0.0971. The summed E-state index contributed by atoms with van der Waals surface area (Å²) in [6.07, 6.45) is -0.247. The summed E-state index contributed by atoms with van der Waals surface area (Å²) < 4.78 is 1.92. The van der Waals surface area contributed by atoms with Crippen molar-refractivity contribution in [2.75, 3.05) is 6.54 Å². The van der Waals surface area contributed by atoms with Crippen molar-refractivity contribution in [2.45, 2.75) is 59.7 Å². The van der Waals surface area contributed by atoms with Crippen LogP contribution in [0.25, 0.3) is 0 Å². The zero-order chi connectivity index (χ0) is 22.5. The van der Waals surface area contributed by atoms with Crippen molar-refractivity contribution in [3.8, 4) is 0 Å². The van der Waals surface area contributed by atoms with Gasteiger partial charge in [-0.15, -0.1) is 0 Å². The topological polar surface area (TPSA) is 67.2 Å². The second-order valence-electron chi connectivity index (χ2n) is 8.39. The summed E-state index contributed by atoms with van der Waals surface area (Å²) in [7, 11) is 0. The first-order valence-corrected chi connectivity index (χ1v) is 10.9. The molecule has 31 heavy (non-hydrogen) atoms. The third-order valence-corrected chi connectivity index (χ3v) is 6.00. The second kappa shape index (κ2) is 10.0. The van der Waals surface area contributed by atoms with Crippen LogP contribution in [-0.4, -0.2) is 33.3 Å². The third kappa shape index (κ3) is 5.49. The number of Topliss-reactive ketones (excluding diaryl/α,β-unsaturated/α-hetero) is 1. The Morgan fingerprint density at radius 1 is 1.06 bits per heavy atom. The maximum absolute atomic E-state index is 12.9. The summed E-state index contributed by atoms with van der Waals surface area (Å²) in [6, 6.07) is 15.8. The maximum Gasteiger partial charge on any atom is 0.167 e. The van der Waals surface area contributed by atoms with Gasteiger partial charge in [0, 0.05) is 24.7 Å². The monoisotopic (exact) mass is 419 g/mol. The van der Waals surface area contributed by atoms with Gasteiger partial charge < -0.3 is 10.4 Å². The van der Waals surface area contributed by atoms with E-state index in [2.05, 4.69) is 42.5 Å². The van der Waals surface area contributed by atoms with Crippen LogP contribution in [-0.2, 0) is 6.54 Å². The summed E-state index contributed by atoms with van der Waals surface area (Å²) in [5, 5.41) is 18.4. The number of hydrogen-bond donors (Lipinski definition) is 2. The molecule has 0 fully saturated rings. The molecule has 2 N–H and O–H groups in total. The Labute approximate surface area is 185 Å². The van der Waals surface area contributed by atoms with Crippen molar-refractivity contribution in [3.05, 3.63) is 87.7 Å². The molecular formula is C26H33N3O2. The third-order valence-electron chi connectivity index (χ3n) is 6.00. The predicted octanol–water partition coefficient (Wildman–Crippen LogP) is 4.45.